The van der Waals surface area contributed by atoms with Gasteiger partial charge < -0.3 is 4.98 Å². The molecule has 1 N–H and O–H groups in total. The van der Waals surface area contributed by atoms with E-state index in [0.717, 1.165) is 22.2 Å². The summed E-state index contributed by atoms with van der Waals surface area (Å²) in [5.74, 6) is 0.220. The predicted octanol–water partition coefficient (Wildman–Crippen LogP) is 4.38. The summed E-state index contributed by atoms with van der Waals surface area (Å²) in [5.41, 5.74) is 5.23. The van der Waals surface area contributed by atoms with Crippen LogP contribution in [-0.4, -0.2) is 9.97 Å². The average Bonchev–Trinajstić information content (AvgIpc) is 2.89. The summed E-state index contributed by atoms with van der Waals surface area (Å²) < 4.78 is 12.9. The number of halogens is 1. The van der Waals surface area contributed by atoms with Crippen LogP contribution in [-0.2, 0) is 0 Å². The maximum atomic E-state index is 12.9. The number of aryl methyl sites for hydroxylation is 2. The zero-order chi connectivity index (χ0) is 15.7. The van der Waals surface area contributed by atoms with Gasteiger partial charge in [0.1, 0.15) is 17.7 Å². The number of fused-ring (bicyclic) bond motifs is 1. The van der Waals surface area contributed by atoms with Crippen molar-refractivity contribution in [2.45, 2.75) is 13.8 Å². The van der Waals surface area contributed by atoms with Crippen molar-refractivity contribution in [3.8, 4) is 6.07 Å². The minimum atomic E-state index is -0.301. The van der Waals surface area contributed by atoms with Crippen molar-refractivity contribution in [2.75, 3.05) is 0 Å². The van der Waals surface area contributed by atoms with Gasteiger partial charge >= 0.3 is 0 Å². The second-order valence-corrected chi connectivity index (χ2v) is 5.26. The Labute approximate surface area is 127 Å². The number of allylic oxidation sites excluding steroid dienone is 1. The minimum absolute atomic E-state index is 0.301. The number of H-pyrrole nitrogens is 1. The van der Waals surface area contributed by atoms with Crippen molar-refractivity contribution in [2.24, 2.45) is 0 Å². The monoisotopic (exact) mass is 291 g/mol. The number of nitrogens with one attached hydrogen (secondary N) is 1. The summed E-state index contributed by atoms with van der Waals surface area (Å²) in [7, 11) is 0. The fraction of sp³-hybridized carbons (Fsp3) is 0.111. The van der Waals surface area contributed by atoms with Crippen molar-refractivity contribution in [3.63, 3.8) is 0 Å². The lowest BCUT2D eigenvalue weighted by Gasteiger charge is -1.97. The first kappa shape index (κ1) is 14.0. The third-order valence-electron chi connectivity index (χ3n) is 3.65. The van der Waals surface area contributed by atoms with Crippen molar-refractivity contribution in [1.82, 2.24) is 9.97 Å². The van der Waals surface area contributed by atoms with Crippen LogP contribution in [0.4, 0.5) is 4.39 Å². The standard InChI is InChI=1S/C18H14FN3/c1-11-7-16-17(8-12(11)2)22-18(21-16)14(10-20)9-13-3-5-15(19)6-4-13/h3-9H,1-2H3,(H,21,22)/b14-9+. The smallest absolute Gasteiger partial charge is 0.149 e. The van der Waals surface area contributed by atoms with E-state index in [0.29, 0.717) is 11.4 Å². The maximum Gasteiger partial charge on any atom is 0.149 e. The van der Waals surface area contributed by atoms with Crippen LogP contribution in [0.5, 0.6) is 0 Å². The van der Waals surface area contributed by atoms with Crippen LogP contribution in [0.1, 0.15) is 22.5 Å². The summed E-state index contributed by atoms with van der Waals surface area (Å²) in [6, 6.07) is 12.2. The lowest BCUT2D eigenvalue weighted by atomic mass is 10.1. The van der Waals surface area contributed by atoms with Crippen molar-refractivity contribution in [1.29, 1.82) is 5.26 Å². The SMILES string of the molecule is Cc1cc2nc(/C(C#N)=C/c3ccc(F)cc3)[nH]c2cc1C. The van der Waals surface area contributed by atoms with E-state index in [9.17, 15) is 9.65 Å². The quantitative estimate of drug-likeness (QED) is 0.712. The van der Waals surface area contributed by atoms with Gasteiger partial charge in [0.25, 0.3) is 0 Å². The highest BCUT2D eigenvalue weighted by Gasteiger charge is 2.09. The Kier molecular flexibility index (Phi) is 3.48. The van der Waals surface area contributed by atoms with Crippen LogP contribution in [0.25, 0.3) is 22.7 Å². The number of aromatic amines is 1. The van der Waals surface area contributed by atoms with Crippen LogP contribution >= 0.6 is 0 Å². The highest BCUT2D eigenvalue weighted by atomic mass is 19.1. The molecule has 0 unspecified atom stereocenters. The van der Waals surface area contributed by atoms with Gasteiger partial charge in [0, 0.05) is 0 Å². The molecule has 0 amide bonds. The molecule has 2 aromatic carbocycles. The van der Waals surface area contributed by atoms with E-state index in [1.807, 2.05) is 26.0 Å². The molecule has 0 spiro atoms. The minimum Gasteiger partial charge on any atom is -0.337 e. The van der Waals surface area contributed by atoms with Gasteiger partial charge in [0.2, 0.25) is 0 Å². The van der Waals surface area contributed by atoms with Crippen molar-refractivity contribution < 1.29 is 4.39 Å². The Bertz CT molecular complexity index is 873. The van der Waals surface area contributed by atoms with Gasteiger partial charge in [0.15, 0.2) is 0 Å². The Morgan fingerprint density at radius 3 is 2.55 bits per heavy atom. The molecule has 3 nitrogen and oxygen atoms in total. The molecular weight excluding hydrogens is 277 g/mol. The molecule has 22 heavy (non-hydrogen) atoms. The molecule has 0 aliphatic heterocycles. The topological polar surface area (TPSA) is 52.5 Å². The summed E-state index contributed by atoms with van der Waals surface area (Å²) in [5, 5.41) is 9.38. The first-order valence-electron chi connectivity index (χ1n) is 6.91. The summed E-state index contributed by atoms with van der Waals surface area (Å²) in [4.78, 5) is 7.65. The third kappa shape index (κ3) is 2.61. The van der Waals surface area contributed by atoms with E-state index >= 15 is 0 Å². The Morgan fingerprint density at radius 1 is 1.18 bits per heavy atom. The number of hydrogen-bond donors (Lipinski definition) is 1. The zero-order valence-corrected chi connectivity index (χ0v) is 12.3. The summed E-state index contributed by atoms with van der Waals surface area (Å²) in [6.45, 7) is 4.07. The normalized spacial score (nSPS) is 11.6. The number of nitrogens with zero attached hydrogens (tertiary/aromatic N) is 2. The maximum absolute atomic E-state index is 12.9. The highest BCUT2D eigenvalue weighted by molar-refractivity contribution is 5.90. The molecule has 4 heteroatoms. The molecule has 0 fully saturated rings. The van der Waals surface area contributed by atoms with Gasteiger partial charge in [-0.3, -0.25) is 0 Å². The highest BCUT2D eigenvalue weighted by Crippen LogP contribution is 2.22. The van der Waals surface area contributed by atoms with Crippen LogP contribution in [0.3, 0.4) is 0 Å². The van der Waals surface area contributed by atoms with Gasteiger partial charge in [-0.25, -0.2) is 9.37 Å². The van der Waals surface area contributed by atoms with Crippen molar-refractivity contribution in [3.05, 3.63) is 64.7 Å². The van der Waals surface area contributed by atoms with E-state index in [2.05, 4.69) is 16.0 Å². The summed E-state index contributed by atoms with van der Waals surface area (Å²) in [6.07, 6.45) is 1.69. The Hall–Kier alpha value is -2.93. The van der Waals surface area contributed by atoms with Gasteiger partial charge in [-0.2, -0.15) is 5.26 Å². The second-order valence-electron chi connectivity index (χ2n) is 5.26. The summed E-state index contributed by atoms with van der Waals surface area (Å²) >= 11 is 0. The molecular formula is C18H14FN3. The lowest BCUT2D eigenvalue weighted by Crippen LogP contribution is -1.85. The largest absolute Gasteiger partial charge is 0.337 e. The number of imidazole rings is 1. The van der Waals surface area contributed by atoms with Crippen LogP contribution < -0.4 is 0 Å². The first-order chi connectivity index (χ1) is 10.6. The van der Waals surface area contributed by atoms with Gasteiger partial charge in [0.05, 0.1) is 16.6 Å². The van der Waals surface area contributed by atoms with Crippen molar-refractivity contribution >= 4 is 22.7 Å². The van der Waals surface area contributed by atoms with Gasteiger partial charge in [-0.15, -0.1) is 0 Å². The molecule has 3 aromatic rings. The Balaban J connectivity index is 2.07. The predicted molar refractivity (Wildman–Crippen MR) is 85.5 cm³/mol. The molecule has 0 radical (unpaired) electrons. The molecule has 1 aromatic heterocycles. The molecule has 0 atom stereocenters. The van der Waals surface area contributed by atoms with Gasteiger partial charge in [-0.05, 0) is 60.9 Å². The number of rotatable bonds is 2. The van der Waals surface area contributed by atoms with Gasteiger partial charge in [-0.1, -0.05) is 12.1 Å². The zero-order valence-electron chi connectivity index (χ0n) is 12.3. The fourth-order valence-electron chi connectivity index (χ4n) is 2.28. The van der Waals surface area contributed by atoms with E-state index < -0.39 is 0 Å². The van der Waals surface area contributed by atoms with E-state index in [1.54, 1.807) is 18.2 Å². The molecule has 0 bridgehead atoms. The molecule has 0 saturated heterocycles. The van der Waals surface area contributed by atoms with E-state index in [4.69, 9.17) is 0 Å². The third-order valence-corrected chi connectivity index (χ3v) is 3.65. The number of hydrogen-bond acceptors (Lipinski definition) is 2. The molecule has 3 rings (SSSR count). The molecule has 1 heterocycles. The molecule has 0 aliphatic carbocycles. The van der Waals surface area contributed by atoms with E-state index in [-0.39, 0.29) is 5.82 Å². The molecule has 108 valence electrons. The van der Waals surface area contributed by atoms with Crippen LogP contribution in [0, 0.1) is 31.0 Å². The van der Waals surface area contributed by atoms with Crippen LogP contribution in [0.15, 0.2) is 36.4 Å². The fourth-order valence-corrected chi connectivity index (χ4v) is 2.28. The first-order valence-corrected chi connectivity index (χ1v) is 6.91. The average molecular weight is 291 g/mol. The lowest BCUT2D eigenvalue weighted by molar-refractivity contribution is 0.628. The van der Waals surface area contributed by atoms with E-state index in [1.165, 1.54) is 17.7 Å². The van der Waals surface area contributed by atoms with Crippen LogP contribution in [0.2, 0.25) is 0 Å². The number of benzene rings is 2. The molecule has 0 saturated carbocycles. The second kappa shape index (κ2) is 5.45. The molecule has 0 aliphatic rings. The number of nitriles is 1. The Morgan fingerprint density at radius 2 is 1.86 bits per heavy atom. The number of aromatic nitrogens is 2.